The molecular formula is C34H33FN6O2. The van der Waals surface area contributed by atoms with Crippen LogP contribution in [-0.4, -0.2) is 82.0 Å². The summed E-state index contributed by atoms with van der Waals surface area (Å²) in [4.78, 5) is 45.9. The minimum Gasteiger partial charge on any atom is -0.356 e. The highest BCUT2D eigenvalue weighted by atomic mass is 19.1. The number of ketones is 2. The number of carbonyl (C=O) groups is 2. The van der Waals surface area contributed by atoms with Gasteiger partial charge in [0.05, 0.1) is 22.5 Å². The predicted molar refractivity (Wildman–Crippen MR) is 164 cm³/mol. The van der Waals surface area contributed by atoms with Crippen LogP contribution in [0.25, 0.3) is 21.8 Å². The van der Waals surface area contributed by atoms with Gasteiger partial charge in [0.15, 0.2) is 11.6 Å². The molecule has 8 heterocycles. The molecule has 0 radical (unpaired) electrons. The fourth-order valence-electron chi connectivity index (χ4n) is 8.78. The number of rotatable bonds is 0. The summed E-state index contributed by atoms with van der Waals surface area (Å²) in [6.07, 6.45) is 4.62. The van der Waals surface area contributed by atoms with E-state index in [0.717, 1.165) is 89.1 Å². The number of carbonyl (C=O) groups excluding carboxylic acids is 2. The highest BCUT2D eigenvalue weighted by Gasteiger charge is 2.48. The number of Topliss-reactive ketones (excluding diaryl/α,β-unsaturated/α-hetero) is 2. The van der Waals surface area contributed by atoms with Crippen LogP contribution in [0.4, 0.5) is 4.39 Å². The lowest BCUT2D eigenvalue weighted by Crippen LogP contribution is -2.47. The molecule has 4 aromatic rings. The van der Waals surface area contributed by atoms with E-state index in [0.29, 0.717) is 5.56 Å². The second-order valence-electron chi connectivity index (χ2n) is 13.3. The topological polar surface area (TPSA) is 96.9 Å². The molecule has 9 heteroatoms. The zero-order chi connectivity index (χ0) is 29.2. The maximum absolute atomic E-state index is 13.9. The van der Waals surface area contributed by atoms with Gasteiger partial charge in [-0.2, -0.15) is 0 Å². The third-order valence-electron chi connectivity index (χ3n) is 11.0. The molecule has 0 unspecified atom stereocenters. The van der Waals surface area contributed by atoms with Crippen LogP contribution in [0.2, 0.25) is 0 Å². The quantitative estimate of drug-likeness (QED) is 0.305. The Bertz CT molecular complexity index is 2000. The monoisotopic (exact) mass is 576 g/mol. The molecule has 0 aliphatic carbocycles. The van der Waals surface area contributed by atoms with Crippen LogP contribution in [0.15, 0.2) is 40.3 Å². The molecule has 218 valence electrons. The van der Waals surface area contributed by atoms with E-state index in [-0.39, 0.29) is 41.6 Å². The van der Waals surface area contributed by atoms with E-state index in [4.69, 9.17) is 0 Å². The standard InChI is InChI=1S/C17H16FN3O.C17H17N3O/c1-17-3-2-4-21(17)8-12-15-14-10(13(22)7-19-12)5-9(18)6-11(14)20-16(15)17;1-17-6-3-7-20(17)9-12-15-14-10(13(21)8-18-12)4-2-5-11(14)19-16(15)17/h5-6,20H,2-4,7-8H2,1H3;2,4-5,19H,3,6-9H2,1H3/t2*17-/m11/s1. The van der Waals surface area contributed by atoms with Gasteiger partial charge in [-0.15, -0.1) is 0 Å². The maximum atomic E-state index is 13.9. The summed E-state index contributed by atoms with van der Waals surface area (Å²) in [5.41, 5.74) is 9.81. The summed E-state index contributed by atoms with van der Waals surface area (Å²) in [7, 11) is 0. The molecule has 2 aromatic carbocycles. The van der Waals surface area contributed by atoms with Crippen molar-refractivity contribution in [1.29, 1.82) is 0 Å². The smallest absolute Gasteiger partial charge is 0.185 e. The Morgan fingerprint density at radius 3 is 1.95 bits per heavy atom. The second-order valence-corrected chi connectivity index (χ2v) is 13.3. The molecule has 2 aromatic heterocycles. The molecule has 10 rings (SSSR count). The molecular weight excluding hydrogens is 543 g/mol. The van der Waals surface area contributed by atoms with Gasteiger partial charge in [0, 0.05) is 68.5 Å². The fourth-order valence-corrected chi connectivity index (χ4v) is 8.78. The predicted octanol–water partition coefficient (Wildman–Crippen LogP) is 5.09. The van der Waals surface area contributed by atoms with Crippen LogP contribution in [0.3, 0.4) is 0 Å². The molecule has 2 saturated heterocycles. The first-order chi connectivity index (χ1) is 20.8. The van der Waals surface area contributed by atoms with Crippen molar-refractivity contribution in [3.63, 3.8) is 0 Å². The van der Waals surface area contributed by atoms with Crippen LogP contribution in [0, 0.1) is 5.82 Å². The summed E-state index contributed by atoms with van der Waals surface area (Å²) < 4.78 is 13.9. The van der Waals surface area contributed by atoms with Gasteiger partial charge in [0.25, 0.3) is 0 Å². The fraction of sp³-hybridized carbons (Fsp3) is 0.412. The van der Waals surface area contributed by atoms with E-state index in [2.05, 4.69) is 49.7 Å². The number of hydrogen-bond acceptors (Lipinski definition) is 6. The third kappa shape index (κ3) is 3.32. The summed E-state index contributed by atoms with van der Waals surface area (Å²) in [5.74, 6) is -0.334. The molecule has 0 spiro atoms. The lowest BCUT2D eigenvalue weighted by atomic mass is 9.85. The van der Waals surface area contributed by atoms with Gasteiger partial charge in [-0.3, -0.25) is 29.4 Å². The summed E-state index contributed by atoms with van der Waals surface area (Å²) in [5, 5.41) is 1.96. The SMILES string of the molecule is C[C@]12CCCN1CC1=NCC(=O)c3cc(F)cc4[nH]c2c1c34.C[C@]12CCCN1CC1=NCC(=O)c3cccc4[nH]c2c1c34. The molecule has 2 N–H and O–H groups in total. The van der Waals surface area contributed by atoms with Gasteiger partial charge in [0.2, 0.25) is 0 Å². The summed E-state index contributed by atoms with van der Waals surface area (Å²) in [6.45, 7) is 8.77. The van der Waals surface area contributed by atoms with E-state index in [1.807, 2.05) is 12.1 Å². The number of nitrogens with zero attached hydrogens (tertiary/aromatic N) is 4. The lowest BCUT2D eigenvalue weighted by molar-refractivity contribution is 0.0995. The molecule has 6 aliphatic rings. The van der Waals surface area contributed by atoms with E-state index in [1.165, 1.54) is 36.2 Å². The summed E-state index contributed by atoms with van der Waals surface area (Å²) in [6, 6.07) is 8.85. The van der Waals surface area contributed by atoms with Crippen molar-refractivity contribution in [3.8, 4) is 0 Å². The molecule has 0 amide bonds. The van der Waals surface area contributed by atoms with Crippen molar-refractivity contribution in [2.24, 2.45) is 9.98 Å². The Morgan fingerprint density at radius 2 is 1.33 bits per heavy atom. The molecule has 0 bridgehead atoms. The van der Waals surface area contributed by atoms with Crippen LogP contribution in [0.5, 0.6) is 0 Å². The Kier molecular flexibility index (Phi) is 5.09. The normalized spacial score (nSPS) is 27.3. The van der Waals surface area contributed by atoms with E-state index in [1.54, 1.807) is 0 Å². The Morgan fingerprint density at radius 1 is 0.767 bits per heavy atom. The molecule has 43 heavy (non-hydrogen) atoms. The zero-order valence-electron chi connectivity index (χ0n) is 24.4. The van der Waals surface area contributed by atoms with Gasteiger partial charge in [-0.1, -0.05) is 12.1 Å². The van der Waals surface area contributed by atoms with Crippen molar-refractivity contribution in [3.05, 3.63) is 69.8 Å². The molecule has 0 saturated carbocycles. The van der Waals surface area contributed by atoms with E-state index in [9.17, 15) is 14.0 Å². The lowest BCUT2D eigenvalue weighted by Gasteiger charge is -2.39. The van der Waals surface area contributed by atoms with Gasteiger partial charge < -0.3 is 9.97 Å². The molecule has 6 aliphatic heterocycles. The maximum Gasteiger partial charge on any atom is 0.185 e. The van der Waals surface area contributed by atoms with Gasteiger partial charge in [0.1, 0.15) is 18.9 Å². The van der Waals surface area contributed by atoms with Gasteiger partial charge in [-0.25, -0.2) is 4.39 Å². The number of nitrogens with one attached hydrogen (secondary N) is 2. The van der Waals surface area contributed by atoms with Gasteiger partial charge >= 0.3 is 0 Å². The average Bonchev–Trinajstić information content (AvgIpc) is 3.73. The largest absolute Gasteiger partial charge is 0.356 e. The Hall–Kier alpha value is -3.95. The van der Waals surface area contributed by atoms with Crippen molar-refractivity contribution < 1.29 is 14.0 Å². The number of aromatic amines is 2. The third-order valence-corrected chi connectivity index (χ3v) is 11.0. The summed E-state index contributed by atoms with van der Waals surface area (Å²) >= 11 is 0. The van der Waals surface area contributed by atoms with Crippen molar-refractivity contribution in [1.82, 2.24) is 19.8 Å². The van der Waals surface area contributed by atoms with Crippen LogP contribution in [0.1, 0.15) is 82.8 Å². The number of aliphatic imine (C=N–C) groups is 2. The van der Waals surface area contributed by atoms with Gasteiger partial charge in [-0.05, 0) is 70.8 Å². The number of hydrogen-bond donors (Lipinski definition) is 2. The van der Waals surface area contributed by atoms with Crippen LogP contribution >= 0.6 is 0 Å². The molecule has 8 nitrogen and oxygen atoms in total. The number of aromatic nitrogens is 2. The van der Waals surface area contributed by atoms with Crippen molar-refractivity contribution in [2.75, 3.05) is 39.3 Å². The van der Waals surface area contributed by atoms with Crippen LogP contribution < -0.4 is 0 Å². The van der Waals surface area contributed by atoms with Crippen LogP contribution in [-0.2, 0) is 11.1 Å². The first kappa shape index (κ1) is 25.5. The average molecular weight is 577 g/mol. The molecule has 2 atom stereocenters. The number of halogens is 1. The minimum atomic E-state index is -0.369. The number of benzene rings is 2. The Labute approximate surface area is 248 Å². The first-order valence-electron chi connectivity index (χ1n) is 15.4. The zero-order valence-corrected chi connectivity index (χ0v) is 24.4. The first-order valence-corrected chi connectivity index (χ1v) is 15.4. The minimum absolute atomic E-state index is 0.0610. The number of H-pyrrole nitrogens is 2. The number of fused-ring (bicyclic) bond motifs is 4. The van der Waals surface area contributed by atoms with Crippen molar-refractivity contribution >= 4 is 44.8 Å². The van der Waals surface area contributed by atoms with E-state index >= 15 is 0 Å². The Balaban J connectivity index is 0.000000121. The highest BCUT2D eigenvalue weighted by Crippen LogP contribution is 2.47. The molecule has 2 fully saturated rings. The second kappa shape index (κ2) is 8.57. The van der Waals surface area contributed by atoms with E-state index < -0.39 is 0 Å². The highest BCUT2D eigenvalue weighted by molar-refractivity contribution is 6.23. The van der Waals surface area contributed by atoms with Crippen molar-refractivity contribution in [2.45, 2.75) is 50.6 Å².